The van der Waals surface area contributed by atoms with Crippen molar-refractivity contribution in [2.24, 2.45) is 16.8 Å². The van der Waals surface area contributed by atoms with Crippen LogP contribution >= 0.6 is 27.5 Å². The molecule has 0 amide bonds. The van der Waals surface area contributed by atoms with Gasteiger partial charge in [-0.25, -0.2) is 10.8 Å². The maximum Gasteiger partial charge on any atom is 0.252 e. The van der Waals surface area contributed by atoms with Crippen LogP contribution in [-0.2, 0) is 6.42 Å². The van der Waals surface area contributed by atoms with Gasteiger partial charge in [-0.15, -0.1) is 0 Å². The molecule has 0 saturated heterocycles. The van der Waals surface area contributed by atoms with Crippen LogP contribution in [0.3, 0.4) is 0 Å². The van der Waals surface area contributed by atoms with Crippen molar-refractivity contribution in [2.75, 3.05) is 5.01 Å². The molecule has 2 aromatic carbocycles. The van der Waals surface area contributed by atoms with Gasteiger partial charge in [-0.1, -0.05) is 39.7 Å². The molecule has 3 heterocycles. The fourth-order valence-electron chi connectivity index (χ4n) is 4.42. The van der Waals surface area contributed by atoms with Crippen LogP contribution < -0.4 is 22.3 Å². The SMILES string of the molecule is N/N=C\N(N)c1ccc(Cl)cc1-c1cc2n(c(=O)c1)[C@H](c1ncc(-c3cccc(Br)c3)[nH]1)CC2. The molecule has 172 valence electrons. The zero-order valence-electron chi connectivity index (χ0n) is 18.0. The van der Waals surface area contributed by atoms with E-state index in [1.165, 1.54) is 11.3 Å². The molecule has 0 fully saturated rings. The van der Waals surface area contributed by atoms with Gasteiger partial charge in [-0.2, -0.15) is 5.10 Å². The molecule has 5 N–H and O–H groups in total. The summed E-state index contributed by atoms with van der Waals surface area (Å²) in [6, 6.07) is 16.7. The molecule has 8 nitrogen and oxygen atoms in total. The highest BCUT2D eigenvalue weighted by Crippen LogP contribution is 2.35. The largest absolute Gasteiger partial charge is 0.340 e. The Labute approximate surface area is 209 Å². The van der Waals surface area contributed by atoms with Gasteiger partial charge in [0.15, 0.2) is 0 Å². The summed E-state index contributed by atoms with van der Waals surface area (Å²) in [5.74, 6) is 12.1. The molecule has 0 bridgehead atoms. The molecule has 0 spiro atoms. The maximum atomic E-state index is 13.3. The first-order valence-electron chi connectivity index (χ1n) is 10.6. The monoisotopic (exact) mass is 537 g/mol. The van der Waals surface area contributed by atoms with Crippen molar-refractivity contribution >= 4 is 39.6 Å². The van der Waals surface area contributed by atoms with E-state index in [9.17, 15) is 4.79 Å². The Kier molecular flexibility index (Phi) is 5.99. The van der Waals surface area contributed by atoms with Crippen molar-refractivity contribution in [1.29, 1.82) is 0 Å². The van der Waals surface area contributed by atoms with E-state index >= 15 is 0 Å². The highest BCUT2D eigenvalue weighted by molar-refractivity contribution is 9.10. The first-order valence-corrected chi connectivity index (χ1v) is 11.7. The van der Waals surface area contributed by atoms with E-state index in [0.717, 1.165) is 45.7 Å². The third kappa shape index (κ3) is 4.13. The first-order chi connectivity index (χ1) is 16.4. The smallest absolute Gasteiger partial charge is 0.252 e. The lowest BCUT2D eigenvalue weighted by molar-refractivity contribution is 0.572. The highest BCUT2D eigenvalue weighted by atomic mass is 79.9. The molecular weight excluding hydrogens is 518 g/mol. The van der Waals surface area contributed by atoms with Crippen molar-refractivity contribution in [3.8, 4) is 22.4 Å². The van der Waals surface area contributed by atoms with E-state index in [1.807, 2.05) is 36.5 Å². The fraction of sp³-hybridized carbons (Fsp3) is 0.125. The third-order valence-corrected chi connectivity index (χ3v) is 6.65. The molecule has 1 aliphatic rings. The van der Waals surface area contributed by atoms with Gasteiger partial charge >= 0.3 is 0 Å². The van der Waals surface area contributed by atoms with Crippen molar-refractivity contribution < 1.29 is 0 Å². The molecular formula is C24H21BrClN7O. The zero-order valence-corrected chi connectivity index (χ0v) is 20.3. The topological polar surface area (TPSA) is 118 Å². The van der Waals surface area contributed by atoms with Crippen LogP contribution in [0.1, 0.15) is 24.0 Å². The number of nitrogens with one attached hydrogen (secondary N) is 1. The molecule has 1 atom stereocenters. The van der Waals surface area contributed by atoms with Gasteiger partial charge in [-0.3, -0.25) is 9.80 Å². The van der Waals surface area contributed by atoms with Crippen LogP contribution in [0.5, 0.6) is 0 Å². The second kappa shape index (κ2) is 9.09. The third-order valence-electron chi connectivity index (χ3n) is 5.92. The maximum absolute atomic E-state index is 13.3. The second-order valence-corrected chi connectivity index (χ2v) is 9.38. The number of benzene rings is 2. The summed E-state index contributed by atoms with van der Waals surface area (Å²) >= 11 is 9.76. The molecule has 10 heteroatoms. The van der Waals surface area contributed by atoms with Crippen LogP contribution in [0.15, 0.2) is 75.2 Å². The number of pyridine rings is 1. The quantitative estimate of drug-likeness (QED) is 0.150. The van der Waals surface area contributed by atoms with Crippen molar-refractivity contribution in [3.05, 3.63) is 92.2 Å². The van der Waals surface area contributed by atoms with Gasteiger partial charge in [0.25, 0.3) is 5.56 Å². The number of aryl methyl sites for hydroxylation is 1. The summed E-state index contributed by atoms with van der Waals surface area (Å²) in [5.41, 5.74) is 4.81. The average Bonchev–Trinajstić information content (AvgIpc) is 3.46. The number of H-pyrrole nitrogens is 1. The number of imidazole rings is 1. The summed E-state index contributed by atoms with van der Waals surface area (Å²) < 4.78 is 2.80. The summed E-state index contributed by atoms with van der Waals surface area (Å²) in [5, 5.41) is 5.31. The highest BCUT2D eigenvalue weighted by Gasteiger charge is 2.28. The number of hydrogen-bond acceptors (Lipinski definition) is 5. The molecule has 4 aromatic rings. The van der Waals surface area contributed by atoms with Crippen molar-refractivity contribution in [2.45, 2.75) is 18.9 Å². The summed E-state index contributed by atoms with van der Waals surface area (Å²) in [6.45, 7) is 0. The Morgan fingerprint density at radius 1 is 1.21 bits per heavy atom. The number of nitrogens with zero attached hydrogens (tertiary/aromatic N) is 4. The molecule has 2 aromatic heterocycles. The van der Waals surface area contributed by atoms with Gasteiger partial charge in [0.1, 0.15) is 12.2 Å². The Morgan fingerprint density at radius 3 is 2.85 bits per heavy atom. The minimum absolute atomic E-state index is 0.114. The van der Waals surface area contributed by atoms with Crippen molar-refractivity contribution in [1.82, 2.24) is 14.5 Å². The van der Waals surface area contributed by atoms with Gasteiger partial charge < -0.3 is 15.4 Å². The number of rotatable bonds is 5. The fourth-order valence-corrected chi connectivity index (χ4v) is 4.99. The minimum Gasteiger partial charge on any atom is -0.340 e. The number of hydrazine groups is 1. The van der Waals surface area contributed by atoms with Crippen LogP contribution in [0, 0.1) is 0 Å². The van der Waals surface area contributed by atoms with E-state index in [2.05, 4.69) is 31.0 Å². The molecule has 0 saturated carbocycles. The van der Waals surface area contributed by atoms with Gasteiger partial charge in [0, 0.05) is 32.4 Å². The number of aromatic nitrogens is 3. The molecule has 34 heavy (non-hydrogen) atoms. The Hall–Kier alpha value is -3.40. The van der Waals surface area contributed by atoms with Gasteiger partial charge in [0.2, 0.25) is 0 Å². The number of anilines is 1. The number of hydrazone groups is 1. The minimum atomic E-state index is -0.160. The summed E-state index contributed by atoms with van der Waals surface area (Å²) in [4.78, 5) is 21.3. The lowest BCUT2D eigenvalue weighted by atomic mass is 10.0. The molecule has 5 rings (SSSR count). The predicted octanol–water partition coefficient (Wildman–Crippen LogP) is 4.44. The van der Waals surface area contributed by atoms with Crippen LogP contribution in [0.25, 0.3) is 22.4 Å². The molecule has 0 unspecified atom stereocenters. The standard InChI is InChI=1S/C24H21BrClN7O/c25-16-3-1-2-14(8-16)20-12-29-24(31-20)22-7-5-18-9-15(10-23(34)33(18)22)19-11-17(26)4-6-21(19)32(28)13-30-27/h1-4,6,8-13,22H,5,7,27-28H2,(H,29,31)/b30-13-/t22-/m0/s1. The molecule has 0 radical (unpaired) electrons. The van der Waals surface area contributed by atoms with E-state index < -0.39 is 0 Å². The van der Waals surface area contributed by atoms with Crippen molar-refractivity contribution in [3.63, 3.8) is 0 Å². The first kappa shape index (κ1) is 22.4. The Morgan fingerprint density at radius 2 is 2.06 bits per heavy atom. The van der Waals surface area contributed by atoms with E-state index in [0.29, 0.717) is 16.3 Å². The zero-order chi connectivity index (χ0) is 23.8. The Bertz CT molecular complexity index is 1460. The number of hydrogen-bond donors (Lipinski definition) is 3. The predicted molar refractivity (Wildman–Crippen MR) is 139 cm³/mol. The summed E-state index contributed by atoms with van der Waals surface area (Å²) in [7, 11) is 0. The number of fused-ring (bicyclic) bond motifs is 1. The van der Waals surface area contributed by atoms with E-state index in [1.54, 1.807) is 28.8 Å². The number of nitrogens with two attached hydrogens (primary N) is 2. The van der Waals surface area contributed by atoms with Crippen LogP contribution in [0.4, 0.5) is 5.69 Å². The normalized spacial score (nSPS) is 15.1. The second-order valence-electron chi connectivity index (χ2n) is 8.02. The van der Waals surface area contributed by atoms with Crippen LogP contribution in [-0.4, -0.2) is 20.9 Å². The Balaban J connectivity index is 1.53. The summed E-state index contributed by atoms with van der Waals surface area (Å²) in [6.07, 6.45) is 4.62. The van der Waals surface area contributed by atoms with Gasteiger partial charge in [0.05, 0.1) is 23.6 Å². The lowest BCUT2D eigenvalue weighted by Gasteiger charge is -2.18. The van der Waals surface area contributed by atoms with E-state index in [-0.39, 0.29) is 11.6 Å². The number of aromatic amines is 1. The number of halogens is 2. The van der Waals surface area contributed by atoms with Gasteiger partial charge in [-0.05, 0) is 54.8 Å². The average molecular weight is 539 g/mol. The van der Waals surface area contributed by atoms with E-state index in [4.69, 9.17) is 23.3 Å². The molecule has 1 aliphatic heterocycles. The molecule has 0 aliphatic carbocycles. The van der Waals surface area contributed by atoms with Crippen LogP contribution in [0.2, 0.25) is 5.02 Å². The lowest BCUT2D eigenvalue weighted by Crippen LogP contribution is -2.30.